The third kappa shape index (κ3) is 4.98. The second kappa shape index (κ2) is 9.99. The minimum absolute atomic E-state index is 0.117. The first-order valence-electron chi connectivity index (χ1n) is 15.4. The molecular formula is C30H51NO6S. The first kappa shape index (κ1) is 28.8. The van der Waals surface area contributed by atoms with Gasteiger partial charge in [0.15, 0.2) is 0 Å². The molecule has 5 saturated carbocycles. The Morgan fingerprint density at radius 2 is 1.63 bits per heavy atom. The van der Waals surface area contributed by atoms with E-state index in [4.69, 9.17) is 0 Å². The highest BCUT2D eigenvalue weighted by Gasteiger charge is 2.64. The number of aliphatic hydroxyl groups is 2. The van der Waals surface area contributed by atoms with Crippen LogP contribution in [0.2, 0.25) is 0 Å². The number of nitrogens with one attached hydrogen (secondary N) is 1. The molecule has 7 nitrogen and oxygen atoms in total. The summed E-state index contributed by atoms with van der Waals surface area (Å²) in [7, 11) is -4.11. The van der Waals surface area contributed by atoms with Crippen LogP contribution in [0.1, 0.15) is 105 Å². The molecule has 5 rings (SSSR count). The highest BCUT2D eigenvalue weighted by molar-refractivity contribution is 7.85. The average Bonchev–Trinajstić information content (AvgIpc) is 3.46. The fourth-order valence-electron chi connectivity index (χ4n) is 10.7. The molecule has 5 aliphatic carbocycles. The van der Waals surface area contributed by atoms with Gasteiger partial charge in [0.25, 0.3) is 10.1 Å². The van der Waals surface area contributed by atoms with Crippen LogP contribution in [0.4, 0.5) is 0 Å². The fraction of sp³-hybridized carbons (Fsp3) is 0.967. The summed E-state index contributed by atoms with van der Waals surface area (Å²) >= 11 is 0. The number of hydrogen-bond acceptors (Lipinski definition) is 5. The smallest absolute Gasteiger partial charge is 0.267 e. The molecule has 218 valence electrons. The second-order valence-electron chi connectivity index (χ2n) is 14.7. The van der Waals surface area contributed by atoms with Crippen molar-refractivity contribution < 1.29 is 28.0 Å². The number of amides is 1. The highest BCUT2D eigenvalue weighted by atomic mass is 32.2. The van der Waals surface area contributed by atoms with E-state index >= 15 is 0 Å². The summed E-state index contributed by atoms with van der Waals surface area (Å²) in [5, 5.41) is 25.3. The zero-order chi connectivity index (χ0) is 27.7. The zero-order valence-corrected chi connectivity index (χ0v) is 24.7. The van der Waals surface area contributed by atoms with Crippen LogP contribution >= 0.6 is 0 Å². The molecule has 0 radical (unpaired) electrons. The van der Waals surface area contributed by atoms with Gasteiger partial charge in [0, 0.05) is 6.42 Å². The molecule has 0 heterocycles. The number of rotatable bonds is 8. The van der Waals surface area contributed by atoms with E-state index < -0.39 is 21.4 Å². The van der Waals surface area contributed by atoms with Gasteiger partial charge in [0.2, 0.25) is 5.91 Å². The molecule has 1 amide bonds. The van der Waals surface area contributed by atoms with E-state index in [2.05, 4.69) is 33.0 Å². The Labute approximate surface area is 229 Å². The third-order valence-electron chi connectivity index (χ3n) is 12.7. The van der Waals surface area contributed by atoms with Gasteiger partial charge in [-0.3, -0.25) is 9.35 Å². The van der Waals surface area contributed by atoms with Crippen molar-refractivity contribution >= 4 is 16.0 Å². The Balaban J connectivity index is 1.26. The van der Waals surface area contributed by atoms with Gasteiger partial charge < -0.3 is 15.5 Å². The van der Waals surface area contributed by atoms with Crippen LogP contribution in [0.5, 0.6) is 0 Å². The molecule has 38 heavy (non-hydrogen) atoms. The Morgan fingerprint density at radius 3 is 2.26 bits per heavy atom. The molecule has 8 heteroatoms. The molecular weight excluding hydrogens is 502 g/mol. The van der Waals surface area contributed by atoms with Gasteiger partial charge in [-0.1, -0.05) is 34.1 Å². The predicted octanol–water partition coefficient (Wildman–Crippen LogP) is 4.57. The lowest BCUT2D eigenvalue weighted by Crippen LogP contribution is -2.62. The topological polar surface area (TPSA) is 124 Å². The molecule has 0 aromatic heterocycles. The van der Waals surface area contributed by atoms with E-state index in [1.54, 1.807) is 0 Å². The van der Waals surface area contributed by atoms with Crippen LogP contribution in [0.15, 0.2) is 0 Å². The molecule has 0 aromatic rings. The molecule has 0 aliphatic heterocycles. The van der Waals surface area contributed by atoms with Crippen molar-refractivity contribution in [3.8, 4) is 0 Å². The van der Waals surface area contributed by atoms with E-state index in [0.717, 1.165) is 51.4 Å². The maximum absolute atomic E-state index is 12.7. The van der Waals surface area contributed by atoms with E-state index in [1.807, 2.05) is 0 Å². The van der Waals surface area contributed by atoms with Gasteiger partial charge in [0.1, 0.15) is 0 Å². The Bertz CT molecular complexity index is 1010. The molecule has 11 unspecified atom stereocenters. The summed E-state index contributed by atoms with van der Waals surface area (Å²) in [5.74, 6) is 2.39. The lowest BCUT2D eigenvalue weighted by molar-refractivity contribution is -0.203. The van der Waals surface area contributed by atoms with Crippen LogP contribution in [-0.4, -0.2) is 52.6 Å². The standard InChI is InChI=1S/C30H51NO6S/c1-5-20-24-16-19(32)10-12-29(24,4)23-11-13-28(3)21(7-8-22(28)26(23)27(20)34)18(2)6-9-25(33)31-30(14-15-30)17-38(35,36)37/h18-24,26-27,32,34H,5-17H2,1-4H3,(H,31,33)(H,35,36,37). The Kier molecular flexibility index (Phi) is 7.57. The third-order valence-corrected chi connectivity index (χ3v) is 13.6. The van der Waals surface area contributed by atoms with Crippen molar-refractivity contribution in [2.45, 2.75) is 122 Å². The minimum atomic E-state index is -4.11. The largest absolute Gasteiger partial charge is 0.393 e. The van der Waals surface area contributed by atoms with Crippen LogP contribution in [0.3, 0.4) is 0 Å². The highest BCUT2D eigenvalue weighted by Crippen LogP contribution is 2.69. The van der Waals surface area contributed by atoms with Gasteiger partial charge in [-0.05, 0) is 116 Å². The predicted molar refractivity (Wildman–Crippen MR) is 147 cm³/mol. The van der Waals surface area contributed by atoms with Gasteiger partial charge in [-0.25, -0.2) is 0 Å². The second-order valence-corrected chi connectivity index (χ2v) is 16.1. The molecule has 5 aliphatic rings. The van der Waals surface area contributed by atoms with Gasteiger partial charge in [-0.2, -0.15) is 8.42 Å². The number of carbonyl (C=O) groups is 1. The monoisotopic (exact) mass is 553 g/mol. The first-order chi connectivity index (χ1) is 17.7. The van der Waals surface area contributed by atoms with Crippen LogP contribution in [0.25, 0.3) is 0 Å². The van der Waals surface area contributed by atoms with Crippen molar-refractivity contribution in [2.75, 3.05) is 5.75 Å². The van der Waals surface area contributed by atoms with E-state index in [0.29, 0.717) is 54.8 Å². The first-order valence-corrected chi connectivity index (χ1v) is 17.0. The summed E-state index contributed by atoms with van der Waals surface area (Å²) in [6, 6.07) is 0. The quantitative estimate of drug-likeness (QED) is 0.327. The SMILES string of the molecule is CCC1C(O)C2C3CCC(C(C)CCC(=O)NC4(CS(=O)(=O)O)CC4)C3(C)CCC2C2(C)CCC(O)CC12. The number of fused-ring (bicyclic) bond motifs is 5. The Hall–Kier alpha value is -0.700. The number of hydrogen-bond donors (Lipinski definition) is 4. The maximum Gasteiger partial charge on any atom is 0.267 e. The summed E-state index contributed by atoms with van der Waals surface area (Å²) in [5.41, 5.74) is -0.406. The molecule has 0 spiro atoms. The summed E-state index contributed by atoms with van der Waals surface area (Å²) in [6.07, 6.45) is 10.2. The number of carbonyl (C=O) groups excluding carboxylic acids is 1. The van der Waals surface area contributed by atoms with Crippen molar-refractivity contribution in [2.24, 2.45) is 52.3 Å². The lowest BCUT2D eigenvalue weighted by Gasteiger charge is -2.64. The van der Waals surface area contributed by atoms with Crippen LogP contribution < -0.4 is 5.32 Å². The van der Waals surface area contributed by atoms with Crippen molar-refractivity contribution in [1.82, 2.24) is 5.32 Å². The Morgan fingerprint density at radius 1 is 0.974 bits per heavy atom. The van der Waals surface area contributed by atoms with Crippen LogP contribution in [-0.2, 0) is 14.9 Å². The molecule has 5 fully saturated rings. The average molecular weight is 554 g/mol. The zero-order valence-electron chi connectivity index (χ0n) is 23.9. The van der Waals surface area contributed by atoms with E-state index in [-0.39, 0.29) is 34.9 Å². The lowest BCUT2D eigenvalue weighted by atomic mass is 9.41. The maximum atomic E-state index is 12.7. The molecule has 4 N–H and O–H groups in total. The van der Waals surface area contributed by atoms with Crippen molar-refractivity contribution in [3.63, 3.8) is 0 Å². The minimum Gasteiger partial charge on any atom is -0.393 e. The molecule has 0 saturated heterocycles. The van der Waals surface area contributed by atoms with Crippen LogP contribution in [0, 0.1) is 52.3 Å². The van der Waals surface area contributed by atoms with E-state index in [9.17, 15) is 28.0 Å². The number of aliphatic hydroxyl groups excluding tert-OH is 2. The van der Waals surface area contributed by atoms with Crippen molar-refractivity contribution in [3.05, 3.63) is 0 Å². The van der Waals surface area contributed by atoms with Gasteiger partial charge in [0.05, 0.1) is 23.5 Å². The fourth-order valence-corrected chi connectivity index (χ4v) is 11.7. The molecule has 0 aromatic carbocycles. The molecule has 11 atom stereocenters. The normalized spacial score (nSPS) is 46.4. The van der Waals surface area contributed by atoms with Crippen molar-refractivity contribution in [1.29, 1.82) is 0 Å². The van der Waals surface area contributed by atoms with E-state index in [1.165, 1.54) is 6.42 Å². The summed E-state index contributed by atoms with van der Waals surface area (Å²) in [4.78, 5) is 12.7. The molecule has 0 bridgehead atoms. The van der Waals surface area contributed by atoms with Gasteiger partial charge in [-0.15, -0.1) is 0 Å². The van der Waals surface area contributed by atoms with Gasteiger partial charge >= 0.3 is 0 Å². The summed E-state index contributed by atoms with van der Waals surface area (Å²) < 4.78 is 31.9. The summed E-state index contributed by atoms with van der Waals surface area (Å²) in [6.45, 7) is 9.42.